The topological polar surface area (TPSA) is 26.0 Å². The molecule has 1 aliphatic rings. The van der Waals surface area contributed by atoms with E-state index in [1.807, 2.05) is 0 Å². The number of nitrogens with two attached hydrogens (primary N) is 1. The van der Waals surface area contributed by atoms with Gasteiger partial charge in [-0.3, -0.25) is 0 Å². The molecule has 0 heterocycles. The molecule has 2 N–H and O–H groups in total. The lowest BCUT2D eigenvalue weighted by atomic mass is 9.81. The maximum atomic E-state index is 5.51. The average molecular weight is 153 g/mol. The molecule has 0 amide bonds. The van der Waals surface area contributed by atoms with Crippen LogP contribution >= 0.6 is 0 Å². The van der Waals surface area contributed by atoms with Crippen LogP contribution < -0.4 is 5.73 Å². The van der Waals surface area contributed by atoms with Crippen LogP contribution in [0.25, 0.3) is 0 Å². The predicted octanol–water partition coefficient (Wildman–Crippen LogP) is 2.33. The van der Waals surface area contributed by atoms with Gasteiger partial charge in [-0.2, -0.15) is 0 Å². The largest absolute Gasteiger partial charge is 0.330 e. The Kier molecular flexibility index (Phi) is 3.64. The van der Waals surface area contributed by atoms with Crippen LogP contribution in [0.2, 0.25) is 0 Å². The molecule has 0 spiro atoms. The predicted molar refractivity (Wildman–Crippen MR) is 49.3 cm³/mol. The van der Waals surface area contributed by atoms with E-state index in [2.05, 4.69) is 12.7 Å². The number of allylic oxidation sites excluding steroid dienone is 1. The molecule has 64 valence electrons. The van der Waals surface area contributed by atoms with E-state index in [4.69, 9.17) is 5.73 Å². The van der Waals surface area contributed by atoms with Gasteiger partial charge in [-0.1, -0.05) is 6.08 Å². The standard InChI is InChI=1S/C10H19N/c1-2-9-3-5-10(6-4-9)7-8-11/h2,9-10H,1,3-8,11H2/t9-,10-. The van der Waals surface area contributed by atoms with Crippen LogP contribution in [0.15, 0.2) is 12.7 Å². The SMILES string of the molecule is C=C[C@H]1CC[C@H](CCN)CC1. The summed E-state index contributed by atoms with van der Waals surface area (Å²) in [6.07, 6.45) is 8.76. The second kappa shape index (κ2) is 4.55. The molecule has 11 heavy (non-hydrogen) atoms. The summed E-state index contributed by atoms with van der Waals surface area (Å²) in [5.41, 5.74) is 5.51. The highest BCUT2D eigenvalue weighted by molar-refractivity contribution is 4.83. The monoisotopic (exact) mass is 153 g/mol. The van der Waals surface area contributed by atoms with E-state index >= 15 is 0 Å². The molecule has 0 atom stereocenters. The van der Waals surface area contributed by atoms with Gasteiger partial charge in [0.2, 0.25) is 0 Å². The fraction of sp³-hybridized carbons (Fsp3) is 0.800. The Morgan fingerprint density at radius 1 is 1.27 bits per heavy atom. The summed E-state index contributed by atoms with van der Waals surface area (Å²) >= 11 is 0. The Balaban J connectivity index is 2.18. The molecule has 1 nitrogen and oxygen atoms in total. The molecule has 1 fully saturated rings. The minimum Gasteiger partial charge on any atom is -0.330 e. The first-order valence-electron chi connectivity index (χ1n) is 4.69. The molecular formula is C10H19N. The molecule has 0 bridgehead atoms. The quantitative estimate of drug-likeness (QED) is 0.619. The van der Waals surface area contributed by atoms with Crippen LogP contribution in [-0.4, -0.2) is 6.54 Å². The van der Waals surface area contributed by atoms with E-state index in [-0.39, 0.29) is 0 Å². The van der Waals surface area contributed by atoms with Crippen molar-refractivity contribution in [2.75, 3.05) is 6.54 Å². The Bertz CT molecular complexity index is 112. The van der Waals surface area contributed by atoms with Gasteiger partial charge in [0.1, 0.15) is 0 Å². The number of hydrogen-bond donors (Lipinski definition) is 1. The zero-order chi connectivity index (χ0) is 8.10. The lowest BCUT2D eigenvalue weighted by Gasteiger charge is -2.25. The molecular weight excluding hydrogens is 134 g/mol. The summed E-state index contributed by atoms with van der Waals surface area (Å²) in [5, 5.41) is 0. The summed E-state index contributed by atoms with van der Waals surface area (Å²) < 4.78 is 0. The molecule has 0 saturated heterocycles. The van der Waals surface area contributed by atoms with Crippen LogP contribution in [0.3, 0.4) is 0 Å². The van der Waals surface area contributed by atoms with Gasteiger partial charge in [0.25, 0.3) is 0 Å². The second-order valence-corrected chi connectivity index (χ2v) is 3.59. The smallest absolute Gasteiger partial charge is 0.00746 e. The molecule has 0 aromatic carbocycles. The molecule has 0 aromatic heterocycles. The summed E-state index contributed by atoms with van der Waals surface area (Å²) in [7, 11) is 0. The van der Waals surface area contributed by atoms with Gasteiger partial charge in [0, 0.05) is 0 Å². The van der Waals surface area contributed by atoms with E-state index in [0.29, 0.717) is 0 Å². The lowest BCUT2D eigenvalue weighted by molar-refractivity contribution is 0.299. The zero-order valence-electron chi connectivity index (χ0n) is 7.26. The summed E-state index contributed by atoms with van der Waals surface area (Å²) in [4.78, 5) is 0. The van der Waals surface area contributed by atoms with Gasteiger partial charge in [-0.25, -0.2) is 0 Å². The molecule has 1 rings (SSSR count). The number of rotatable bonds is 3. The Labute approximate surface area is 69.7 Å². The van der Waals surface area contributed by atoms with Crippen molar-refractivity contribution in [2.24, 2.45) is 17.6 Å². The number of hydrogen-bond acceptors (Lipinski definition) is 1. The van der Waals surface area contributed by atoms with E-state index < -0.39 is 0 Å². The summed E-state index contributed by atoms with van der Waals surface area (Å²) in [6.45, 7) is 4.70. The van der Waals surface area contributed by atoms with E-state index in [9.17, 15) is 0 Å². The summed E-state index contributed by atoms with van der Waals surface area (Å²) in [6, 6.07) is 0. The van der Waals surface area contributed by atoms with Crippen molar-refractivity contribution >= 4 is 0 Å². The molecule has 0 aliphatic heterocycles. The second-order valence-electron chi connectivity index (χ2n) is 3.59. The van der Waals surface area contributed by atoms with Crippen molar-refractivity contribution in [3.63, 3.8) is 0 Å². The van der Waals surface area contributed by atoms with Crippen molar-refractivity contribution in [1.82, 2.24) is 0 Å². The highest BCUT2D eigenvalue weighted by atomic mass is 14.5. The fourth-order valence-electron chi connectivity index (χ4n) is 1.95. The maximum absolute atomic E-state index is 5.51. The van der Waals surface area contributed by atoms with Crippen LogP contribution in [0.1, 0.15) is 32.1 Å². The van der Waals surface area contributed by atoms with E-state index in [1.165, 1.54) is 32.1 Å². The first kappa shape index (κ1) is 8.79. The van der Waals surface area contributed by atoms with Crippen LogP contribution in [0.4, 0.5) is 0 Å². The van der Waals surface area contributed by atoms with Crippen LogP contribution in [-0.2, 0) is 0 Å². The third-order valence-corrected chi connectivity index (χ3v) is 2.80. The normalized spacial score (nSPS) is 31.7. The van der Waals surface area contributed by atoms with Gasteiger partial charge in [-0.15, -0.1) is 6.58 Å². The van der Waals surface area contributed by atoms with Crippen molar-refractivity contribution < 1.29 is 0 Å². The maximum Gasteiger partial charge on any atom is -0.00746 e. The third-order valence-electron chi connectivity index (χ3n) is 2.80. The lowest BCUT2D eigenvalue weighted by Crippen LogP contribution is -2.16. The first-order valence-corrected chi connectivity index (χ1v) is 4.69. The fourth-order valence-corrected chi connectivity index (χ4v) is 1.95. The minimum absolute atomic E-state index is 0.795. The molecule has 1 heteroatoms. The van der Waals surface area contributed by atoms with Crippen molar-refractivity contribution in [3.05, 3.63) is 12.7 Å². The summed E-state index contributed by atoms with van der Waals surface area (Å²) in [5.74, 6) is 1.71. The molecule has 1 aliphatic carbocycles. The molecule has 1 saturated carbocycles. The van der Waals surface area contributed by atoms with E-state index in [0.717, 1.165) is 18.4 Å². The van der Waals surface area contributed by atoms with E-state index in [1.54, 1.807) is 0 Å². The molecule has 0 radical (unpaired) electrons. The van der Waals surface area contributed by atoms with Crippen LogP contribution in [0.5, 0.6) is 0 Å². The van der Waals surface area contributed by atoms with Gasteiger partial charge in [0.15, 0.2) is 0 Å². The molecule has 0 aromatic rings. The van der Waals surface area contributed by atoms with Crippen molar-refractivity contribution in [2.45, 2.75) is 32.1 Å². The van der Waals surface area contributed by atoms with Crippen molar-refractivity contribution in [3.8, 4) is 0 Å². The minimum atomic E-state index is 0.795. The van der Waals surface area contributed by atoms with Gasteiger partial charge >= 0.3 is 0 Å². The average Bonchev–Trinajstić information content (AvgIpc) is 2.07. The Hall–Kier alpha value is -0.300. The highest BCUT2D eigenvalue weighted by Crippen LogP contribution is 2.30. The Morgan fingerprint density at radius 3 is 2.36 bits per heavy atom. The van der Waals surface area contributed by atoms with Crippen LogP contribution in [0, 0.1) is 11.8 Å². The van der Waals surface area contributed by atoms with Crippen molar-refractivity contribution in [1.29, 1.82) is 0 Å². The Morgan fingerprint density at radius 2 is 1.91 bits per heavy atom. The van der Waals surface area contributed by atoms with Gasteiger partial charge in [-0.05, 0) is 50.5 Å². The van der Waals surface area contributed by atoms with Gasteiger partial charge < -0.3 is 5.73 Å². The van der Waals surface area contributed by atoms with Gasteiger partial charge in [0.05, 0.1) is 0 Å². The third kappa shape index (κ3) is 2.66. The molecule has 0 unspecified atom stereocenters. The highest BCUT2D eigenvalue weighted by Gasteiger charge is 2.17. The first-order chi connectivity index (χ1) is 5.36. The zero-order valence-corrected chi connectivity index (χ0v) is 7.26.